The van der Waals surface area contributed by atoms with Crippen molar-refractivity contribution in [2.24, 2.45) is 15.7 Å². The minimum absolute atomic E-state index is 0.198. The quantitative estimate of drug-likeness (QED) is 0.527. The SMILES string of the molecule is NC1=NC(c2ccc(O)cc2)(c2cccc(-n3nnc4ccccc43)c2)C2=NCCCN12. The van der Waals surface area contributed by atoms with Crippen molar-refractivity contribution < 1.29 is 5.11 Å². The summed E-state index contributed by atoms with van der Waals surface area (Å²) in [5.74, 6) is 1.46. The number of nitrogens with two attached hydrogens (primary N) is 1. The first-order valence-electron chi connectivity index (χ1n) is 10.6. The number of rotatable bonds is 3. The molecule has 6 rings (SSSR count). The number of hydrogen-bond donors (Lipinski definition) is 2. The highest BCUT2D eigenvalue weighted by molar-refractivity contribution is 6.12. The third-order valence-corrected chi connectivity index (χ3v) is 6.08. The normalized spacial score (nSPS) is 20.2. The van der Waals surface area contributed by atoms with Crippen LogP contribution in [0.5, 0.6) is 5.75 Å². The van der Waals surface area contributed by atoms with Crippen LogP contribution in [0.25, 0.3) is 16.7 Å². The van der Waals surface area contributed by atoms with E-state index in [1.54, 1.807) is 12.1 Å². The van der Waals surface area contributed by atoms with Crippen LogP contribution in [0, 0.1) is 0 Å². The minimum atomic E-state index is -0.898. The molecule has 0 aliphatic carbocycles. The Morgan fingerprint density at radius 3 is 2.66 bits per heavy atom. The van der Waals surface area contributed by atoms with Gasteiger partial charge in [0, 0.05) is 13.1 Å². The first-order chi connectivity index (χ1) is 15.7. The number of phenols is 1. The number of para-hydroxylation sites is 1. The van der Waals surface area contributed by atoms with Crippen molar-refractivity contribution in [3.8, 4) is 11.4 Å². The van der Waals surface area contributed by atoms with E-state index in [1.165, 1.54) is 0 Å². The number of phenolic OH excluding ortho intramolecular Hbond substituents is 1. The van der Waals surface area contributed by atoms with Gasteiger partial charge in [-0.05, 0) is 53.9 Å². The molecule has 0 fully saturated rings. The molecule has 3 N–H and O–H groups in total. The standard InChI is InChI=1S/C24H21N7O/c25-23-27-24(16-9-11-19(32)12-10-16,22-26-13-4-14-30(22)23)17-5-3-6-18(15-17)31-21-8-2-1-7-20(21)28-29-31/h1-3,5-12,15,32H,4,13-14H2,(H2,25,27). The number of aliphatic imine (C=N–C) groups is 2. The van der Waals surface area contributed by atoms with Gasteiger partial charge in [0.1, 0.15) is 17.1 Å². The summed E-state index contributed by atoms with van der Waals surface area (Å²) in [6, 6.07) is 23.0. The van der Waals surface area contributed by atoms with Crippen LogP contribution in [0.2, 0.25) is 0 Å². The van der Waals surface area contributed by atoms with E-state index in [-0.39, 0.29) is 5.75 Å². The van der Waals surface area contributed by atoms with E-state index in [1.807, 2.05) is 64.2 Å². The smallest absolute Gasteiger partial charge is 0.198 e. The Balaban J connectivity index is 1.59. The predicted molar refractivity (Wildman–Crippen MR) is 123 cm³/mol. The molecule has 1 atom stereocenters. The van der Waals surface area contributed by atoms with Crippen LogP contribution in [0.1, 0.15) is 17.5 Å². The lowest BCUT2D eigenvalue weighted by Crippen LogP contribution is -2.46. The summed E-state index contributed by atoms with van der Waals surface area (Å²) >= 11 is 0. The molecule has 32 heavy (non-hydrogen) atoms. The highest BCUT2D eigenvalue weighted by Crippen LogP contribution is 2.42. The number of nitrogens with zero attached hydrogens (tertiary/aromatic N) is 6. The number of aromatic hydroxyl groups is 1. The van der Waals surface area contributed by atoms with Crippen molar-refractivity contribution in [1.82, 2.24) is 19.9 Å². The average molecular weight is 423 g/mol. The van der Waals surface area contributed by atoms with Gasteiger partial charge in [0.25, 0.3) is 0 Å². The molecule has 0 radical (unpaired) electrons. The van der Waals surface area contributed by atoms with E-state index in [2.05, 4.69) is 16.4 Å². The molecule has 2 aliphatic rings. The van der Waals surface area contributed by atoms with E-state index in [0.717, 1.165) is 53.2 Å². The van der Waals surface area contributed by atoms with Gasteiger partial charge in [0.05, 0.1) is 11.2 Å². The molecule has 3 aromatic carbocycles. The van der Waals surface area contributed by atoms with E-state index in [4.69, 9.17) is 15.7 Å². The van der Waals surface area contributed by atoms with E-state index in [0.29, 0.717) is 5.96 Å². The van der Waals surface area contributed by atoms with Gasteiger partial charge in [-0.15, -0.1) is 5.10 Å². The van der Waals surface area contributed by atoms with Crippen LogP contribution in [0.15, 0.2) is 82.8 Å². The Bertz CT molecular complexity index is 1390. The zero-order chi connectivity index (χ0) is 21.7. The number of guanidine groups is 1. The van der Waals surface area contributed by atoms with Gasteiger partial charge >= 0.3 is 0 Å². The van der Waals surface area contributed by atoms with Gasteiger partial charge < -0.3 is 10.8 Å². The van der Waals surface area contributed by atoms with Crippen molar-refractivity contribution in [2.45, 2.75) is 12.0 Å². The topological polar surface area (TPSA) is 105 Å². The molecule has 158 valence electrons. The zero-order valence-corrected chi connectivity index (χ0v) is 17.3. The van der Waals surface area contributed by atoms with Crippen molar-refractivity contribution >= 4 is 22.8 Å². The molecular formula is C24H21N7O. The van der Waals surface area contributed by atoms with Gasteiger partial charge in [0.2, 0.25) is 0 Å². The fourth-order valence-corrected chi connectivity index (χ4v) is 4.60. The molecule has 1 unspecified atom stereocenters. The molecule has 8 heteroatoms. The molecule has 0 saturated heterocycles. The fraction of sp³-hybridized carbons (Fsp3) is 0.167. The second-order valence-corrected chi connectivity index (χ2v) is 7.98. The molecular weight excluding hydrogens is 402 g/mol. The number of fused-ring (bicyclic) bond motifs is 2. The van der Waals surface area contributed by atoms with Crippen molar-refractivity contribution in [1.29, 1.82) is 0 Å². The summed E-state index contributed by atoms with van der Waals surface area (Å²) in [4.78, 5) is 11.8. The molecule has 8 nitrogen and oxygen atoms in total. The lowest BCUT2D eigenvalue weighted by Gasteiger charge is -2.33. The second-order valence-electron chi connectivity index (χ2n) is 7.98. The molecule has 3 heterocycles. The Hall–Kier alpha value is -4.20. The first-order valence-corrected chi connectivity index (χ1v) is 10.6. The second kappa shape index (κ2) is 6.91. The monoisotopic (exact) mass is 423 g/mol. The Morgan fingerprint density at radius 2 is 1.78 bits per heavy atom. The van der Waals surface area contributed by atoms with Gasteiger partial charge in [-0.3, -0.25) is 9.89 Å². The van der Waals surface area contributed by atoms with Crippen LogP contribution in [0.4, 0.5) is 0 Å². The van der Waals surface area contributed by atoms with Gasteiger partial charge in [-0.25, -0.2) is 9.67 Å². The average Bonchev–Trinajstić information content (AvgIpc) is 3.40. The largest absolute Gasteiger partial charge is 0.508 e. The van der Waals surface area contributed by atoms with Crippen molar-refractivity contribution in [3.63, 3.8) is 0 Å². The van der Waals surface area contributed by atoms with Crippen molar-refractivity contribution in [3.05, 3.63) is 83.9 Å². The van der Waals surface area contributed by atoms with Crippen LogP contribution < -0.4 is 5.73 Å². The van der Waals surface area contributed by atoms with Gasteiger partial charge in [0.15, 0.2) is 11.5 Å². The highest BCUT2D eigenvalue weighted by Gasteiger charge is 2.49. The fourth-order valence-electron chi connectivity index (χ4n) is 4.60. The highest BCUT2D eigenvalue weighted by atomic mass is 16.3. The summed E-state index contributed by atoms with van der Waals surface area (Å²) in [7, 11) is 0. The number of benzene rings is 3. The zero-order valence-electron chi connectivity index (χ0n) is 17.3. The van der Waals surface area contributed by atoms with Crippen molar-refractivity contribution in [2.75, 3.05) is 13.1 Å². The molecule has 0 amide bonds. The molecule has 1 aromatic heterocycles. The Morgan fingerprint density at radius 1 is 0.938 bits per heavy atom. The Labute approximate surface area is 184 Å². The van der Waals surface area contributed by atoms with Crippen LogP contribution in [0.3, 0.4) is 0 Å². The Kier molecular flexibility index (Phi) is 4.01. The van der Waals surface area contributed by atoms with E-state index >= 15 is 0 Å². The summed E-state index contributed by atoms with van der Waals surface area (Å²) in [5, 5.41) is 18.5. The first kappa shape index (κ1) is 18.6. The molecule has 0 bridgehead atoms. The number of amidine groups is 1. The summed E-state index contributed by atoms with van der Waals surface area (Å²) in [6.07, 6.45) is 0.927. The molecule has 2 aliphatic heterocycles. The maximum Gasteiger partial charge on any atom is 0.198 e. The predicted octanol–water partition coefficient (Wildman–Crippen LogP) is 2.80. The summed E-state index contributed by atoms with van der Waals surface area (Å²) < 4.78 is 1.83. The third kappa shape index (κ3) is 2.62. The lowest BCUT2D eigenvalue weighted by atomic mass is 9.81. The van der Waals surface area contributed by atoms with Crippen LogP contribution >= 0.6 is 0 Å². The van der Waals surface area contributed by atoms with Crippen LogP contribution in [-0.4, -0.2) is 49.9 Å². The molecule has 0 spiro atoms. The molecule has 0 saturated carbocycles. The lowest BCUT2D eigenvalue weighted by molar-refractivity contribution is 0.474. The maximum absolute atomic E-state index is 9.89. The summed E-state index contributed by atoms with van der Waals surface area (Å²) in [5.41, 5.74) is 9.94. The summed E-state index contributed by atoms with van der Waals surface area (Å²) in [6.45, 7) is 1.50. The van der Waals surface area contributed by atoms with Gasteiger partial charge in [-0.1, -0.05) is 41.6 Å². The third-order valence-electron chi connectivity index (χ3n) is 6.08. The van der Waals surface area contributed by atoms with Crippen LogP contribution in [-0.2, 0) is 5.54 Å². The number of hydrogen-bond acceptors (Lipinski definition) is 7. The van der Waals surface area contributed by atoms with Gasteiger partial charge in [-0.2, -0.15) is 0 Å². The van der Waals surface area contributed by atoms with E-state index in [9.17, 15) is 5.11 Å². The van der Waals surface area contributed by atoms with E-state index < -0.39 is 5.54 Å². The maximum atomic E-state index is 9.89. The number of aromatic nitrogens is 3. The molecule has 4 aromatic rings. The minimum Gasteiger partial charge on any atom is -0.508 e.